The molecule has 2 unspecified atom stereocenters. The summed E-state index contributed by atoms with van der Waals surface area (Å²) in [4.78, 5) is 4.70. The first kappa shape index (κ1) is 12.9. The first-order chi connectivity index (χ1) is 9.22. The second-order valence-electron chi connectivity index (χ2n) is 5.11. The molecule has 1 heterocycles. The fraction of sp³-hybridized carbons (Fsp3) is 0.500. The number of rotatable bonds is 1. The number of anilines is 1. The van der Waals surface area contributed by atoms with Gasteiger partial charge >= 0.3 is 0 Å². The number of nitrogens with zero attached hydrogens (tertiary/aromatic N) is 1. The van der Waals surface area contributed by atoms with E-state index in [4.69, 9.17) is 4.99 Å². The number of thioether (sulfide) groups is 1. The molecule has 1 aromatic carbocycles. The number of nitrogens with one attached hydrogen (secondary N) is 1. The maximum Gasteiger partial charge on any atom is 0.161 e. The molecule has 1 fully saturated rings. The summed E-state index contributed by atoms with van der Waals surface area (Å²) in [6.07, 6.45) is 4.96. The Bertz CT molecular complexity index is 504. The van der Waals surface area contributed by atoms with E-state index in [1.165, 1.54) is 31.4 Å². The number of aliphatic imine (C=N–C) groups is 1. The number of hydrogen-bond donors (Lipinski definition) is 1. The molecule has 2 atom stereocenters. The van der Waals surface area contributed by atoms with Crippen molar-refractivity contribution in [1.29, 1.82) is 0 Å². The molecule has 2 aliphatic rings. The third-order valence-corrected chi connectivity index (χ3v) is 4.83. The summed E-state index contributed by atoms with van der Waals surface area (Å²) < 4.78 is 26.0. The maximum absolute atomic E-state index is 13.1. The molecule has 0 radical (unpaired) electrons. The van der Waals surface area contributed by atoms with Crippen LogP contribution in [0, 0.1) is 17.6 Å². The first-order valence-electron chi connectivity index (χ1n) is 6.65. The highest BCUT2D eigenvalue weighted by atomic mass is 32.2. The Morgan fingerprint density at radius 3 is 2.84 bits per heavy atom. The standard InChI is InChI=1S/C14H16F2N2S/c15-11-6-5-10(7-12(11)16)17-14-18-13-4-2-1-3-9(13)8-19-14/h5-7,9,13H,1-4,8H2,(H,17,18). The summed E-state index contributed by atoms with van der Waals surface area (Å²) in [6, 6.07) is 4.25. The molecule has 0 saturated heterocycles. The number of halogens is 2. The van der Waals surface area contributed by atoms with Crippen LogP contribution in [-0.4, -0.2) is 17.0 Å². The number of benzene rings is 1. The first-order valence-corrected chi connectivity index (χ1v) is 7.63. The molecule has 1 aromatic rings. The molecule has 1 N–H and O–H groups in total. The third kappa shape index (κ3) is 2.91. The zero-order valence-corrected chi connectivity index (χ0v) is 11.4. The largest absolute Gasteiger partial charge is 0.335 e. The van der Waals surface area contributed by atoms with Gasteiger partial charge in [0.05, 0.1) is 6.04 Å². The zero-order valence-electron chi connectivity index (χ0n) is 10.5. The lowest BCUT2D eigenvalue weighted by atomic mass is 9.86. The lowest BCUT2D eigenvalue weighted by Crippen LogP contribution is -2.31. The molecule has 0 aromatic heterocycles. The Morgan fingerprint density at radius 1 is 1.16 bits per heavy atom. The molecule has 3 rings (SSSR count). The molecular weight excluding hydrogens is 266 g/mol. The Hall–Kier alpha value is -1.10. The van der Waals surface area contributed by atoms with Crippen molar-refractivity contribution in [1.82, 2.24) is 0 Å². The minimum atomic E-state index is -0.832. The van der Waals surface area contributed by atoms with E-state index in [9.17, 15) is 8.78 Å². The quantitative estimate of drug-likeness (QED) is 0.840. The van der Waals surface area contributed by atoms with Crippen LogP contribution < -0.4 is 5.32 Å². The molecule has 1 saturated carbocycles. The second kappa shape index (κ2) is 5.49. The van der Waals surface area contributed by atoms with E-state index in [1.807, 2.05) is 0 Å². The monoisotopic (exact) mass is 282 g/mol. The van der Waals surface area contributed by atoms with E-state index >= 15 is 0 Å². The van der Waals surface area contributed by atoms with Gasteiger partial charge in [0, 0.05) is 17.5 Å². The molecule has 0 amide bonds. The van der Waals surface area contributed by atoms with Crippen molar-refractivity contribution in [2.75, 3.05) is 11.1 Å². The summed E-state index contributed by atoms with van der Waals surface area (Å²) in [5.41, 5.74) is 0.555. The van der Waals surface area contributed by atoms with E-state index in [-0.39, 0.29) is 0 Å². The summed E-state index contributed by atoms with van der Waals surface area (Å²) >= 11 is 1.68. The lowest BCUT2D eigenvalue weighted by molar-refractivity contribution is 0.336. The van der Waals surface area contributed by atoms with E-state index in [0.717, 1.165) is 23.4 Å². The van der Waals surface area contributed by atoms with Crippen molar-refractivity contribution in [3.05, 3.63) is 29.8 Å². The van der Waals surface area contributed by atoms with Crippen LogP contribution in [0.5, 0.6) is 0 Å². The predicted molar refractivity (Wildman–Crippen MR) is 75.6 cm³/mol. The molecule has 5 heteroatoms. The van der Waals surface area contributed by atoms with Gasteiger partial charge in [0.1, 0.15) is 0 Å². The molecular formula is C14H16F2N2S. The molecule has 1 aliphatic heterocycles. The van der Waals surface area contributed by atoms with Gasteiger partial charge in [-0.3, -0.25) is 4.99 Å². The van der Waals surface area contributed by atoms with Crippen molar-refractivity contribution in [2.24, 2.45) is 10.9 Å². The van der Waals surface area contributed by atoms with Crippen LogP contribution in [0.3, 0.4) is 0 Å². The highest BCUT2D eigenvalue weighted by Crippen LogP contribution is 2.34. The van der Waals surface area contributed by atoms with Crippen LogP contribution >= 0.6 is 11.8 Å². The minimum Gasteiger partial charge on any atom is -0.335 e. The summed E-state index contributed by atoms with van der Waals surface area (Å²) in [7, 11) is 0. The average Bonchev–Trinajstić information content (AvgIpc) is 2.43. The second-order valence-corrected chi connectivity index (χ2v) is 6.12. The van der Waals surface area contributed by atoms with Gasteiger partial charge in [-0.05, 0) is 30.9 Å². The number of fused-ring (bicyclic) bond motifs is 1. The van der Waals surface area contributed by atoms with Crippen LogP contribution in [0.25, 0.3) is 0 Å². The van der Waals surface area contributed by atoms with Crippen molar-refractivity contribution in [3.8, 4) is 0 Å². The van der Waals surface area contributed by atoms with Crippen LogP contribution in [-0.2, 0) is 0 Å². The van der Waals surface area contributed by atoms with Gasteiger partial charge in [0.15, 0.2) is 16.8 Å². The summed E-state index contributed by atoms with van der Waals surface area (Å²) in [5.74, 6) is 0.104. The van der Waals surface area contributed by atoms with Crippen molar-refractivity contribution in [2.45, 2.75) is 31.7 Å². The van der Waals surface area contributed by atoms with Gasteiger partial charge < -0.3 is 5.32 Å². The highest BCUT2D eigenvalue weighted by molar-refractivity contribution is 8.14. The SMILES string of the molecule is Fc1ccc(NC2=NC3CCCCC3CS2)cc1F. The number of hydrogen-bond acceptors (Lipinski definition) is 3. The minimum absolute atomic E-state index is 0.405. The molecule has 102 valence electrons. The third-order valence-electron chi connectivity index (χ3n) is 3.76. The van der Waals surface area contributed by atoms with Gasteiger partial charge in [0.25, 0.3) is 0 Å². The van der Waals surface area contributed by atoms with Gasteiger partial charge in [-0.15, -0.1) is 0 Å². The lowest BCUT2D eigenvalue weighted by Gasteiger charge is -2.32. The van der Waals surface area contributed by atoms with Crippen LogP contribution in [0.1, 0.15) is 25.7 Å². The molecule has 1 aliphatic carbocycles. The predicted octanol–water partition coefficient (Wildman–Crippen LogP) is 4.04. The van der Waals surface area contributed by atoms with Crippen molar-refractivity contribution < 1.29 is 8.78 Å². The van der Waals surface area contributed by atoms with Gasteiger partial charge in [-0.25, -0.2) is 8.78 Å². The Kier molecular flexibility index (Phi) is 3.73. The average molecular weight is 282 g/mol. The van der Waals surface area contributed by atoms with Crippen molar-refractivity contribution >= 4 is 22.6 Å². The van der Waals surface area contributed by atoms with Gasteiger partial charge in [-0.1, -0.05) is 24.6 Å². The van der Waals surface area contributed by atoms with E-state index in [2.05, 4.69) is 5.32 Å². The molecule has 0 spiro atoms. The molecule has 2 nitrogen and oxygen atoms in total. The van der Waals surface area contributed by atoms with Gasteiger partial charge in [-0.2, -0.15) is 0 Å². The maximum atomic E-state index is 13.1. The van der Waals surface area contributed by atoms with Crippen LogP contribution in [0.15, 0.2) is 23.2 Å². The Labute approximate surface area is 115 Å². The van der Waals surface area contributed by atoms with E-state index < -0.39 is 11.6 Å². The smallest absolute Gasteiger partial charge is 0.161 e. The Morgan fingerprint density at radius 2 is 2.00 bits per heavy atom. The zero-order chi connectivity index (χ0) is 13.2. The fourth-order valence-corrected chi connectivity index (χ4v) is 3.85. The van der Waals surface area contributed by atoms with E-state index in [1.54, 1.807) is 11.8 Å². The van der Waals surface area contributed by atoms with Crippen molar-refractivity contribution in [3.63, 3.8) is 0 Å². The van der Waals surface area contributed by atoms with Crippen LogP contribution in [0.2, 0.25) is 0 Å². The van der Waals surface area contributed by atoms with Gasteiger partial charge in [0.2, 0.25) is 0 Å². The molecule has 19 heavy (non-hydrogen) atoms. The van der Waals surface area contributed by atoms with E-state index in [0.29, 0.717) is 17.6 Å². The Balaban J connectivity index is 1.72. The summed E-state index contributed by atoms with van der Waals surface area (Å²) in [5, 5.41) is 3.92. The topological polar surface area (TPSA) is 24.4 Å². The molecule has 0 bridgehead atoms. The summed E-state index contributed by atoms with van der Waals surface area (Å²) in [6.45, 7) is 0. The number of amidine groups is 1. The fourth-order valence-electron chi connectivity index (χ4n) is 2.69. The highest BCUT2D eigenvalue weighted by Gasteiger charge is 2.29. The van der Waals surface area contributed by atoms with Crippen LogP contribution in [0.4, 0.5) is 14.5 Å². The normalized spacial score (nSPS) is 26.5.